The largest absolute Gasteiger partial charge is 0.338 e. The fourth-order valence-electron chi connectivity index (χ4n) is 1.51. The molecule has 0 spiro atoms. The van der Waals surface area contributed by atoms with Crippen LogP contribution in [0.3, 0.4) is 0 Å². The average molecular weight is 192 g/mol. The molecular weight excluding hydrogens is 176 g/mol. The molecule has 0 radical (unpaired) electrons. The highest BCUT2D eigenvalue weighted by Crippen LogP contribution is 2.13. The van der Waals surface area contributed by atoms with E-state index in [0.29, 0.717) is 13.0 Å². The molecule has 3 heteroatoms. The molecule has 1 rings (SSSR count). The fourth-order valence-corrected chi connectivity index (χ4v) is 1.51. The van der Waals surface area contributed by atoms with Gasteiger partial charge in [0.2, 0.25) is 5.91 Å². The Morgan fingerprint density at radius 3 is 2.93 bits per heavy atom. The molecule has 3 nitrogen and oxygen atoms in total. The second-order valence-corrected chi connectivity index (χ2v) is 3.67. The normalized spacial score (nSPS) is 18.4. The summed E-state index contributed by atoms with van der Waals surface area (Å²) in [6, 6.07) is 2.05. The van der Waals surface area contributed by atoms with E-state index in [1.54, 1.807) is 4.90 Å². The van der Waals surface area contributed by atoms with Crippen LogP contribution in [0.25, 0.3) is 0 Å². The predicted octanol–water partition coefficient (Wildman–Crippen LogP) is 1.71. The van der Waals surface area contributed by atoms with Gasteiger partial charge in [0.05, 0.1) is 6.07 Å². The molecule has 1 atom stereocenters. The molecule has 0 N–H and O–H groups in total. The standard InChI is InChI=1S/C11H16N2O/c1-3-10(8-12)11(14)13-6-4-9(2)5-7-13/h4,10H,3,5-7H2,1-2H3. The van der Waals surface area contributed by atoms with E-state index in [2.05, 4.69) is 13.0 Å². The van der Waals surface area contributed by atoms with Crippen molar-refractivity contribution in [3.8, 4) is 6.07 Å². The number of carbonyl (C=O) groups is 1. The smallest absolute Gasteiger partial charge is 0.240 e. The molecule has 1 aliphatic heterocycles. The molecule has 0 saturated carbocycles. The van der Waals surface area contributed by atoms with Crippen LogP contribution in [0.15, 0.2) is 11.6 Å². The predicted molar refractivity (Wildman–Crippen MR) is 54.3 cm³/mol. The number of hydrogen-bond donors (Lipinski definition) is 0. The lowest BCUT2D eigenvalue weighted by Gasteiger charge is -2.26. The molecule has 0 saturated heterocycles. The number of nitriles is 1. The highest BCUT2D eigenvalue weighted by atomic mass is 16.2. The van der Waals surface area contributed by atoms with Crippen molar-refractivity contribution in [1.29, 1.82) is 5.26 Å². The van der Waals surface area contributed by atoms with Gasteiger partial charge >= 0.3 is 0 Å². The SMILES string of the molecule is CCC(C#N)C(=O)N1CC=C(C)CC1. The number of nitrogens with zero attached hydrogens (tertiary/aromatic N) is 2. The third-order valence-electron chi connectivity index (χ3n) is 2.61. The molecule has 76 valence electrons. The molecule has 0 aromatic rings. The summed E-state index contributed by atoms with van der Waals surface area (Å²) in [5.41, 5.74) is 1.33. The number of hydrogen-bond acceptors (Lipinski definition) is 2. The summed E-state index contributed by atoms with van der Waals surface area (Å²) >= 11 is 0. The van der Waals surface area contributed by atoms with Gasteiger partial charge in [0.15, 0.2) is 0 Å². The molecule has 14 heavy (non-hydrogen) atoms. The first-order valence-electron chi connectivity index (χ1n) is 5.03. The van der Waals surface area contributed by atoms with Gasteiger partial charge in [-0.15, -0.1) is 0 Å². The second-order valence-electron chi connectivity index (χ2n) is 3.67. The summed E-state index contributed by atoms with van der Waals surface area (Å²) in [5, 5.41) is 8.77. The zero-order valence-corrected chi connectivity index (χ0v) is 8.79. The van der Waals surface area contributed by atoms with Crippen molar-refractivity contribution in [2.45, 2.75) is 26.7 Å². The van der Waals surface area contributed by atoms with Crippen LogP contribution in [-0.4, -0.2) is 23.9 Å². The zero-order chi connectivity index (χ0) is 10.6. The highest BCUT2D eigenvalue weighted by Gasteiger charge is 2.23. The Balaban J connectivity index is 2.59. The van der Waals surface area contributed by atoms with Crippen LogP contribution in [0.2, 0.25) is 0 Å². The van der Waals surface area contributed by atoms with Gasteiger partial charge < -0.3 is 4.90 Å². The summed E-state index contributed by atoms with van der Waals surface area (Å²) in [4.78, 5) is 13.5. The maximum Gasteiger partial charge on any atom is 0.240 e. The lowest BCUT2D eigenvalue weighted by atomic mass is 10.0. The van der Waals surface area contributed by atoms with E-state index in [-0.39, 0.29) is 5.91 Å². The number of carbonyl (C=O) groups excluding carboxylic acids is 1. The Hall–Kier alpha value is -1.30. The molecule has 1 aliphatic rings. The molecular formula is C11H16N2O. The molecule has 1 unspecified atom stereocenters. The van der Waals surface area contributed by atoms with E-state index in [0.717, 1.165) is 13.0 Å². The van der Waals surface area contributed by atoms with Crippen molar-refractivity contribution in [1.82, 2.24) is 4.90 Å². The van der Waals surface area contributed by atoms with Gasteiger partial charge in [0.1, 0.15) is 5.92 Å². The van der Waals surface area contributed by atoms with Crippen LogP contribution < -0.4 is 0 Å². The Bertz CT molecular complexity index is 288. The van der Waals surface area contributed by atoms with E-state index >= 15 is 0 Å². The molecule has 0 aliphatic carbocycles. The third kappa shape index (κ3) is 2.35. The molecule has 1 amide bonds. The first-order valence-corrected chi connectivity index (χ1v) is 5.03. The molecule has 0 aromatic heterocycles. The number of amides is 1. The Morgan fingerprint density at radius 1 is 1.79 bits per heavy atom. The maximum atomic E-state index is 11.7. The molecule has 0 bridgehead atoms. The third-order valence-corrected chi connectivity index (χ3v) is 2.61. The quantitative estimate of drug-likeness (QED) is 0.625. The highest BCUT2D eigenvalue weighted by molar-refractivity contribution is 5.81. The first kappa shape index (κ1) is 10.8. The van der Waals surface area contributed by atoms with Crippen LogP contribution in [0.1, 0.15) is 26.7 Å². The van der Waals surface area contributed by atoms with E-state index < -0.39 is 5.92 Å². The van der Waals surface area contributed by atoms with Crippen molar-refractivity contribution in [2.24, 2.45) is 5.92 Å². The van der Waals surface area contributed by atoms with E-state index in [4.69, 9.17) is 5.26 Å². The van der Waals surface area contributed by atoms with E-state index in [1.165, 1.54) is 5.57 Å². The minimum Gasteiger partial charge on any atom is -0.338 e. The molecule has 0 aromatic carbocycles. The summed E-state index contributed by atoms with van der Waals surface area (Å²) in [6.07, 6.45) is 3.60. The summed E-state index contributed by atoms with van der Waals surface area (Å²) in [6.45, 7) is 5.38. The van der Waals surface area contributed by atoms with Gasteiger partial charge in [-0.25, -0.2) is 0 Å². The van der Waals surface area contributed by atoms with Crippen molar-refractivity contribution in [3.05, 3.63) is 11.6 Å². The maximum absolute atomic E-state index is 11.7. The molecule has 0 fully saturated rings. The van der Waals surface area contributed by atoms with Crippen LogP contribution in [-0.2, 0) is 4.79 Å². The minimum atomic E-state index is -0.457. The summed E-state index contributed by atoms with van der Waals surface area (Å²) in [5.74, 6) is -0.472. The van der Waals surface area contributed by atoms with Crippen molar-refractivity contribution < 1.29 is 4.79 Å². The van der Waals surface area contributed by atoms with Crippen molar-refractivity contribution in [3.63, 3.8) is 0 Å². The van der Waals surface area contributed by atoms with E-state index in [1.807, 2.05) is 13.0 Å². The van der Waals surface area contributed by atoms with Crippen molar-refractivity contribution in [2.75, 3.05) is 13.1 Å². The van der Waals surface area contributed by atoms with Gasteiger partial charge in [-0.2, -0.15) is 5.26 Å². The van der Waals surface area contributed by atoms with Gasteiger partial charge in [-0.05, 0) is 19.8 Å². The van der Waals surface area contributed by atoms with Crippen LogP contribution in [0, 0.1) is 17.2 Å². The lowest BCUT2D eigenvalue weighted by Crippen LogP contribution is -2.38. The minimum absolute atomic E-state index is 0.0150. The van der Waals surface area contributed by atoms with Gasteiger partial charge in [-0.1, -0.05) is 18.6 Å². The summed E-state index contributed by atoms with van der Waals surface area (Å²) < 4.78 is 0. The summed E-state index contributed by atoms with van der Waals surface area (Å²) in [7, 11) is 0. The van der Waals surface area contributed by atoms with Gasteiger partial charge in [0.25, 0.3) is 0 Å². The first-order chi connectivity index (χ1) is 6.69. The van der Waals surface area contributed by atoms with Gasteiger partial charge in [0, 0.05) is 13.1 Å². The monoisotopic (exact) mass is 192 g/mol. The van der Waals surface area contributed by atoms with Crippen LogP contribution in [0.5, 0.6) is 0 Å². The molecule has 1 heterocycles. The fraction of sp³-hybridized carbons (Fsp3) is 0.636. The van der Waals surface area contributed by atoms with Crippen LogP contribution >= 0.6 is 0 Å². The Labute approximate surface area is 85.0 Å². The topological polar surface area (TPSA) is 44.1 Å². The van der Waals surface area contributed by atoms with Crippen LogP contribution in [0.4, 0.5) is 0 Å². The Morgan fingerprint density at radius 2 is 2.50 bits per heavy atom. The van der Waals surface area contributed by atoms with Gasteiger partial charge in [-0.3, -0.25) is 4.79 Å². The lowest BCUT2D eigenvalue weighted by molar-refractivity contribution is -0.133. The average Bonchev–Trinajstić information content (AvgIpc) is 2.20. The zero-order valence-electron chi connectivity index (χ0n) is 8.79. The van der Waals surface area contributed by atoms with E-state index in [9.17, 15) is 4.79 Å². The Kier molecular flexibility index (Phi) is 3.70. The number of rotatable bonds is 2. The second kappa shape index (κ2) is 4.80. The van der Waals surface area contributed by atoms with Crippen molar-refractivity contribution >= 4 is 5.91 Å².